The van der Waals surface area contributed by atoms with E-state index in [1.54, 1.807) is 0 Å². The van der Waals surface area contributed by atoms with Gasteiger partial charge in [-0.25, -0.2) is 4.39 Å². The van der Waals surface area contributed by atoms with Crippen molar-refractivity contribution in [3.05, 3.63) is 92.3 Å². The molecule has 0 atom stereocenters. The highest BCUT2D eigenvalue weighted by atomic mass is 19.1. The summed E-state index contributed by atoms with van der Waals surface area (Å²) in [6.45, 7) is 14.3. The molecule has 28 heavy (non-hydrogen) atoms. The first-order valence-electron chi connectivity index (χ1n) is 9.67. The summed E-state index contributed by atoms with van der Waals surface area (Å²) in [7, 11) is 0. The SMILES string of the molecule is Cc1ccc(C#Cc2ccc(-c3ccc(C)c(C)c3F)c(C)c2C)c(C)c1C. The van der Waals surface area contributed by atoms with E-state index < -0.39 is 0 Å². The molecular formula is C27H27F. The van der Waals surface area contributed by atoms with Crippen LogP contribution < -0.4 is 0 Å². The smallest absolute Gasteiger partial charge is 0.134 e. The van der Waals surface area contributed by atoms with Gasteiger partial charge < -0.3 is 0 Å². The summed E-state index contributed by atoms with van der Waals surface area (Å²) in [5.74, 6) is 6.52. The molecule has 3 aromatic rings. The Balaban J connectivity index is 2.06. The molecule has 0 radical (unpaired) electrons. The lowest BCUT2D eigenvalue weighted by molar-refractivity contribution is 0.620. The van der Waals surface area contributed by atoms with Crippen molar-refractivity contribution in [2.45, 2.75) is 48.5 Å². The van der Waals surface area contributed by atoms with Crippen LogP contribution >= 0.6 is 0 Å². The van der Waals surface area contributed by atoms with Crippen molar-refractivity contribution in [3.63, 3.8) is 0 Å². The molecule has 0 aliphatic rings. The lowest BCUT2D eigenvalue weighted by Crippen LogP contribution is -1.97. The lowest BCUT2D eigenvalue weighted by atomic mass is 9.91. The molecule has 0 aromatic heterocycles. The van der Waals surface area contributed by atoms with Crippen LogP contribution in [0.5, 0.6) is 0 Å². The number of halogens is 1. The van der Waals surface area contributed by atoms with E-state index in [2.05, 4.69) is 51.7 Å². The Bertz CT molecular complexity index is 1140. The van der Waals surface area contributed by atoms with E-state index >= 15 is 0 Å². The van der Waals surface area contributed by atoms with Gasteiger partial charge in [0.15, 0.2) is 0 Å². The predicted octanol–water partition coefficient (Wildman–Crippen LogP) is 7.05. The fraction of sp³-hybridized carbons (Fsp3) is 0.259. The molecule has 0 saturated heterocycles. The van der Waals surface area contributed by atoms with Crippen molar-refractivity contribution >= 4 is 0 Å². The molecule has 0 fully saturated rings. The molecular weight excluding hydrogens is 343 g/mol. The van der Waals surface area contributed by atoms with Crippen LogP contribution in [-0.2, 0) is 0 Å². The fourth-order valence-electron chi connectivity index (χ4n) is 3.46. The predicted molar refractivity (Wildman–Crippen MR) is 117 cm³/mol. The summed E-state index contributed by atoms with van der Waals surface area (Å²) in [5, 5.41) is 0. The molecule has 0 heterocycles. The summed E-state index contributed by atoms with van der Waals surface area (Å²) in [4.78, 5) is 0. The van der Waals surface area contributed by atoms with Crippen molar-refractivity contribution in [2.75, 3.05) is 0 Å². The quantitative estimate of drug-likeness (QED) is 0.403. The van der Waals surface area contributed by atoms with Gasteiger partial charge in [0.05, 0.1) is 0 Å². The highest BCUT2D eigenvalue weighted by Crippen LogP contribution is 2.31. The molecule has 3 rings (SSSR count). The van der Waals surface area contributed by atoms with Crippen LogP contribution in [0, 0.1) is 66.1 Å². The monoisotopic (exact) mass is 370 g/mol. The molecule has 0 aliphatic heterocycles. The zero-order valence-electron chi connectivity index (χ0n) is 17.8. The van der Waals surface area contributed by atoms with Crippen LogP contribution in [0.1, 0.15) is 50.1 Å². The Morgan fingerprint density at radius 1 is 0.500 bits per heavy atom. The molecule has 0 spiro atoms. The summed E-state index contributed by atoms with van der Waals surface area (Å²) in [6, 6.07) is 12.1. The Morgan fingerprint density at radius 3 is 1.61 bits per heavy atom. The van der Waals surface area contributed by atoms with E-state index in [0.717, 1.165) is 33.4 Å². The summed E-state index contributed by atoms with van der Waals surface area (Å²) < 4.78 is 14.8. The highest BCUT2D eigenvalue weighted by molar-refractivity contribution is 5.72. The van der Waals surface area contributed by atoms with Gasteiger partial charge in [-0.15, -0.1) is 0 Å². The van der Waals surface area contributed by atoms with Gasteiger partial charge in [0.2, 0.25) is 0 Å². The third kappa shape index (κ3) is 3.48. The molecule has 0 bridgehead atoms. The standard InChI is InChI=1S/C27H27F/c1-16-8-10-23(20(5)18(16)3)11-12-24-13-15-25(22(7)21(24)6)26-14-9-17(2)19(4)27(26)28/h8-10,13-15H,1-7H3. The maximum absolute atomic E-state index is 14.8. The molecule has 0 amide bonds. The van der Waals surface area contributed by atoms with Crippen molar-refractivity contribution in [1.82, 2.24) is 0 Å². The van der Waals surface area contributed by atoms with Crippen LogP contribution in [0.25, 0.3) is 11.1 Å². The first kappa shape index (κ1) is 19.9. The van der Waals surface area contributed by atoms with Gasteiger partial charge >= 0.3 is 0 Å². The van der Waals surface area contributed by atoms with E-state index in [9.17, 15) is 4.39 Å². The van der Waals surface area contributed by atoms with Gasteiger partial charge in [-0.3, -0.25) is 0 Å². The second-order valence-electron chi connectivity index (χ2n) is 7.71. The molecule has 0 N–H and O–H groups in total. The molecule has 0 nitrogen and oxygen atoms in total. The first-order chi connectivity index (χ1) is 13.2. The summed E-state index contributed by atoms with van der Waals surface area (Å²) in [5.41, 5.74) is 11.3. The number of benzene rings is 3. The van der Waals surface area contributed by atoms with Crippen LogP contribution in [0.4, 0.5) is 4.39 Å². The Hall–Kier alpha value is -2.85. The van der Waals surface area contributed by atoms with Gasteiger partial charge in [-0.05, 0) is 105 Å². The van der Waals surface area contributed by atoms with Gasteiger partial charge in [0.1, 0.15) is 5.82 Å². The highest BCUT2D eigenvalue weighted by Gasteiger charge is 2.13. The largest absolute Gasteiger partial charge is 0.206 e. The molecule has 0 saturated carbocycles. The van der Waals surface area contributed by atoms with E-state index in [-0.39, 0.29) is 5.82 Å². The normalized spacial score (nSPS) is 10.6. The lowest BCUT2D eigenvalue weighted by Gasteiger charge is -2.14. The molecule has 0 aliphatic carbocycles. The van der Waals surface area contributed by atoms with E-state index in [4.69, 9.17) is 0 Å². The van der Waals surface area contributed by atoms with Crippen LogP contribution in [0.2, 0.25) is 0 Å². The average Bonchev–Trinajstić information content (AvgIpc) is 2.67. The van der Waals surface area contributed by atoms with E-state index in [1.807, 2.05) is 45.0 Å². The van der Waals surface area contributed by atoms with Crippen LogP contribution in [0.3, 0.4) is 0 Å². The number of hydrogen-bond acceptors (Lipinski definition) is 0. The minimum atomic E-state index is -0.132. The van der Waals surface area contributed by atoms with Gasteiger partial charge in [-0.2, -0.15) is 0 Å². The van der Waals surface area contributed by atoms with Crippen molar-refractivity contribution < 1.29 is 4.39 Å². The first-order valence-corrected chi connectivity index (χ1v) is 9.67. The zero-order chi connectivity index (χ0) is 20.6. The van der Waals surface area contributed by atoms with Crippen molar-refractivity contribution in [3.8, 4) is 23.0 Å². The number of hydrogen-bond donors (Lipinski definition) is 0. The van der Waals surface area contributed by atoms with Crippen molar-refractivity contribution in [1.29, 1.82) is 0 Å². The summed E-state index contributed by atoms with van der Waals surface area (Å²) in [6.07, 6.45) is 0. The van der Waals surface area contributed by atoms with Crippen LogP contribution in [0.15, 0.2) is 36.4 Å². The number of aryl methyl sites for hydroxylation is 2. The minimum absolute atomic E-state index is 0.132. The van der Waals surface area contributed by atoms with Gasteiger partial charge in [0.25, 0.3) is 0 Å². The van der Waals surface area contributed by atoms with Crippen LogP contribution in [-0.4, -0.2) is 0 Å². The Kier molecular flexibility index (Phi) is 5.43. The van der Waals surface area contributed by atoms with Crippen molar-refractivity contribution in [2.24, 2.45) is 0 Å². The van der Waals surface area contributed by atoms with E-state index in [1.165, 1.54) is 16.7 Å². The summed E-state index contributed by atoms with van der Waals surface area (Å²) >= 11 is 0. The third-order valence-corrected chi connectivity index (χ3v) is 6.12. The maximum atomic E-state index is 14.8. The maximum Gasteiger partial charge on any atom is 0.134 e. The molecule has 142 valence electrons. The fourth-order valence-corrected chi connectivity index (χ4v) is 3.46. The Labute approximate surface area is 168 Å². The molecule has 3 aromatic carbocycles. The second-order valence-corrected chi connectivity index (χ2v) is 7.71. The van der Waals surface area contributed by atoms with Gasteiger partial charge in [-0.1, -0.05) is 36.1 Å². The molecule has 0 unspecified atom stereocenters. The van der Waals surface area contributed by atoms with Gasteiger partial charge in [0, 0.05) is 16.7 Å². The third-order valence-electron chi connectivity index (χ3n) is 6.12. The number of rotatable bonds is 1. The Morgan fingerprint density at radius 2 is 0.964 bits per heavy atom. The minimum Gasteiger partial charge on any atom is -0.206 e. The average molecular weight is 371 g/mol. The topological polar surface area (TPSA) is 0 Å². The van der Waals surface area contributed by atoms with E-state index in [0.29, 0.717) is 11.1 Å². The second kappa shape index (κ2) is 7.64. The zero-order valence-corrected chi connectivity index (χ0v) is 17.8. The molecule has 1 heteroatoms.